The minimum atomic E-state index is -3.02. The maximum Gasteiger partial charge on any atom is 0.351 e. The van der Waals surface area contributed by atoms with E-state index in [4.69, 9.17) is 37.2 Å². The van der Waals surface area contributed by atoms with E-state index in [9.17, 15) is 9.59 Å². The van der Waals surface area contributed by atoms with Gasteiger partial charge in [0.25, 0.3) is 0 Å². The van der Waals surface area contributed by atoms with Gasteiger partial charge in [0, 0.05) is 13.1 Å². The zero-order chi connectivity index (χ0) is 31.9. The van der Waals surface area contributed by atoms with Crippen LogP contribution in [0.1, 0.15) is 75.0 Å². The average molecular weight is 641 g/mol. The fourth-order valence-corrected chi connectivity index (χ4v) is 17.0. The predicted octanol–water partition coefficient (Wildman–Crippen LogP) is 4.30. The molecule has 0 radical (unpaired) electrons. The summed E-state index contributed by atoms with van der Waals surface area (Å²) in [6.45, 7) is 18.6. The highest BCUT2D eigenvalue weighted by molar-refractivity contribution is 6.84. The van der Waals surface area contributed by atoms with E-state index in [1.165, 1.54) is 23.8 Å². The van der Waals surface area contributed by atoms with Crippen LogP contribution in [0.4, 0.5) is 5.82 Å². The van der Waals surface area contributed by atoms with E-state index < -0.39 is 47.4 Å². The minimum Gasteiger partial charge on any atom is -0.414 e. The molecule has 4 atom stereocenters. The first-order valence-corrected chi connectivity index (χ1v) is 18.9. The number of nitrogens with one attached hydrogen (secondary N) is 1. The van der Waals surface area contributed by atoms with E-state index in [0.717, 1.165) is 0 Å². The number of fused-ring (bicyclic) bond motifs is 1. The van der Waals surface area contributed by atoms with Crippen LogP contribution in [-0.2, 0) is 36.7 Å². The van der Waals surface area contributed by atoms with Crippen LogP contribution < -0.4 is 11.0 Å². The van der Waals surface area contributed by atoms with Gasteiger partial charge in [0.05, 0.1) is 25.7 Å². The molecule has 1 amide bonds. The summed E-state index contributed by atoms with van der Waals surface area (Å²) in [5.41, 5.74) is -0.163. The summed E-state index contributed by atoms with van der Waals surface area (Å²) in [7, 11) is -5.83. The van der Waals surface area contributed by atoms with Gasteiger partial charge < -0.3 is 37.2 Å². The van der Waals surface area contributed by atoms with E-state index in [0.29, 0.717) is 0 Å². The van der Waals surface area contributed by atoms with Crippen molar-refractivity contribution in [1.82, 2.24) is 9.55 Å². The molecule has 1 aromatic rings. The first-order valence-electron chi connectivity index (χ1n) is 15.0. The maximum atomic E-state index is 13.2. The number of carbonyl (C=O) groups is 1. The quantitative estimate of drug-likeness (QED) is 0.187. The van der Waals surface area contributed by atoms with E-state index in [2.05, 4.69) is 65.7 Å². The number of amides is 1. The Morgan fingerprint density at radius 1 is 1.09 bits per heavy atom. The van der Waals surface area contributed by atoms with Crippen LogP contribution in [0.3, 0.4) is 0 Å². The Kier molecular flexibility index (Phi) is 12.6. The normalized spacial score (nSPS) is 25.0. The van der Waals surface area contributed by atoms with Gasteiger partial charge in [-0.2, -0.15) is 10.2 Å². The molecule has 15 heteroatoms. The van der Waals surface area contributed by atoms with Gasteiger partial charge in [0.1, 0.15) is 37.7 Å². The zero-order valence-corrected chi connectivity index (χ0v) is 28.8. The molecule has 1 aromatic heterocycles. The largest absolute Gasteiger partial charge is 0.414 e. The van der Waals surface area contributed by atoms with Crippen molar-refractivity contribution in [2.45, 2.75) is 115 Å². The summed E-state index contributed by atoms with van der Waals surface area (Å²) in [5.74, 6) is -0.204. The zero-order valence-electron chi connectivity index (χ0n) is 26.8. The molecule has 2 aliphatic heterocycles. The second kappa shape index (κ2) is 15.3. The summed E-state index contributed by atoms with van der Waals surface area (Å²) < 4.78 is 46.3. The van der Waals surface area contributed by atoms with Crippen LogP contribution in [0, 0.1) is 11.3 Å². The number of hydrogen-bond donors (Lipinski definition) is 1. The lowest BCUT2D eigenvalue weighted by Crippen LogP contribution is -2.66. The molecular formula is C28H48N4O9Si2. The van der Waals surface area contributed by atoms with E-state index in [1.54, 1.807) is 0 Å². The highest BCUT2D eigenvalue weighted by Gasteiger charge is 2.62. The van der Waals surface area contributed by atoms with Gasteiger partial charge in [-0.15, -0.1) is 0 Å². The van der Waals surface area contributed by atoms with E-state index >= 15 is 0 Å². The average Bonchev–Trinajstić information content (AvgIpc) is 3.23. The Labute approximate surface area is 256 Å². The van der Waals surface area contributed by atoms with Crippen molar-refractivity contribution in [3.8, 4) is 6.07 Å². The van der Waals surface area contributed by atoms with Gasteiger partial charge in [-0.25, -0.2) is 4.79 Å². The lowest BCUT2D eigenvalue weighted by Gasteiger charge is -2.51. The van der Waals surface area contributed by atoms with Crippen LogP contribution >= 0.6 is 0 Å². The second-order valence-corrected chi connectivity index (χ2v) is 21.0. The van der Waals surface area contributed by atoms with Gasteiger partial charge in [0.2, 0.25) is 5.91 Å². The molecule has 0 saturated carbocycles. The third-order valence-electron chi connectivity index (χ3n) is 7.89. The van der Waals surface area contributed by atoms with Crippen LogP contribution in [0.5, 0.6) is 0 Å². The summed E-state index contributed by atoms with van der Waals surface area (Å²) in [5, 5.41) is 11.2. The van der Waals surface area contributed by atoms with Gasteiger partial charge >= 0.3 is 22.8 Å². The molecule has 0 aromatic carbocycles. The molecule has 3 rings (SSSR count). The predicted molar refractivity (Wildman–Crippen MR) is 162 cm³/mol. The number of nitriles is 1. The molecule has 0 bridgehead atoms. The molecule has 0 aliphatic carbocycles. The summed E-state index contributed by atoms with van der Waals surface area (Å²) >= 11 is 0. The summed E-state index contributed by atoms with van der Waals surface area (Å²) in [6, 6.07) is 3.54. The van der Waals surface area contributed by atoms with Crippen LogP contribution in [-0.4, -0.2) is 77.7 Å². The number of ether oxygens (including phenoxy) is 4. The van der Waals surface area contributed by atoms with Crippen molar-refractivity contribution in [3.05, 3.63) is 22.7 Å². The summed E-state index contributed by atoms with van der Waals surface area (Å²) in [6.07, 6.45) is -1.16. The molecule has 3 heterocycles. The third kappa shape index (κ3) is 7.99. The second-order valence-electron chi connectivity index (χ2n) is 12.2. The highest BCUT2D eigenvalue weighted by atomic mass is 28.5. The molecule has 1 N–H and O–H groups in total. The third-order valence-corrected chi connectivity index (χ3v) is 18.1. The number of carbonyl (C=O) groups excluding carboxylic acids is 1. The van der Waals surface area contributed by atoms with Gasteiger partial charge in [-0.3, -0.25) is 9.36 Å². The Morgan fingerprint density at radius 2 is 1.74 bits per heavy atom. The van der Waals surface area contributed by atoms with Crippen molar-refractivity contribution < 1.29 is 36.7 Å². The molecule has 242 valence electrons. The Hall–Kier alpha value is -2.01. The van der Waals surface area contributed by atoms with Gasteiger partial charge in [0.15, 0.2) is 6.23 Å². The lowest BCUT2D eigenvalue weighted by molar-refractivity contribution is -0.175. The topological polar surface area (TPSA) is 152 Å². The minimum absolute atomic E-state index is 0.0679. The number of anilines is 1. The van der Waals surface area contributed by atoms with Gasteiger partial charge in [-0.1, -0.05) is 55.4 Å². The maximum absolute atomic E-state index is 13.2. The number of nitrogens with zero attached hydrogens (tertiary/aromatic N) is 3. The molecule has 0 spiro atoms. The van der Waals surface area contributed by atoms with Crippen molar-refractivity contribution in [3.63, 3.8) is 0 Å². The van der Waals surface area contributed by atoms with Crippen LogP contribution in [0.2, 0.25) is 22.2 Å². The van der Waals surface area contributed by atoms with Crippen LogP contribution in [0.15, 0.2) is 17.1 Å². The first kappa shape index (κ1) is 35.5. The molecular weight excluding hydrogens is 592 g/mol. The van der Waals surface area contributed by atoms with Gasteiger partial charge in [-0.05, 0) is 28.2 Å². The first-order chi connectivity index (χ1) is 20.3. The smallest absolute Gasteiger partial charge is 0.351 e. The fourth-order valence-electron chi connectivity index (χ4n) is 5.78. The summed E-state index contributed by atoms with van der Waals surface area (Å²) in [4.78, 5) is 28.7. The van der Waals surface area contributed by atoms with Crippen molar-refractivity contribution in [2.75, 3.05) is 32.1 Å². The van der Waals surface area contributed by atoms with E-state index in [-0.39, 0.29) is 67.1 Å². The Morgan fingerprint density at radius 3 is 2.30 bits per heavy atom. The molecule has 2 aliphatic rings. The number of aromatic nitrogens is 2. The van der Waals surface area contributed by atoms with Crippen LogP contribution in [0.25, 0.3) is 0 Å². The fraction of sp³-hybridized carbons (Fsp3) is 0.786. The molecule has 3 unspecified atom stereocenters. The number of hydrogen-bond acceptors (Lipinski definition) is 11. The molecule has 2 saturated heterocycles. The molecule has 13 nitrogen and oxygen atoms in total. The molecule has 43 heavy (non-hydrogen) atoms. The molecule has 2 fully saturated rings. The van der Waals surface area contributed by atoms with Crippen molar-refractivity contribution in [1.29, 1.82) is 5.26 Å². The lowest BCUT2D eigenvalue weighted by atomic mass is 10.1. The SMILES string of the molecule is CC(=O)Nc1ccn(C2OC3CO[Si](C(C)C)(C(C)C)O[Si](C(C)C)(C(C)C)O[C@@H]3C2OCOCOCCC#N)c(=O)n1. The van der Waals surface area contributed by atoms with Crippen molar-refractivity contribution >= 4 is 28.8 Å². The Balaban J connectivity index is 2.03. The monoisotopic (exact) mass is 640 g/mol. The standard InChI is InChI=1S/C28H48N4O9Si2/c1-18(2)42(19(3)4)38-15-23-25(40-43(41-42,20(5)6)21(7)8)26(37-17-36-16-35-14-10-12-29)27(39-23)32-13-11-24(30-22(9)33)31-28(32)34/h11,13,18-21,23,25-27H,10,14-17H2,1-9H3,(H,30,31,33,34)/t23?,25-,26?,27?/m0/s1. The van der Waals surface area contributed by atoms with E-state index in [1.807, 2.05) is 6.07 Å². The highest BCUT2D eigenvalue weighted by Crippen LogP contribution is 2.48. The van der Waals surface area contributed by atoms with Crippen molar-refractivity contribution in [2.24, 2.45) is 0 Å². The number of rotatable bonds is 13. The Bertz CT molecular complexity index is 1160.